The van der Waals surface area contributed by atoms with E-state index in [0.29, 0.717) is 0 Å². The minimum atomic E-state index is 0.0283. The van der Waals surface area contributed by atoms with E-state index in [1.165, 1.54) is 0 Å². The normalized spacial score (nSPS) is 12.7. The molecule has 0 amide bonds. The van der Waals surface area contributed by atoms with Crippen LogP contribution in [0.1, 0.15) is 23.1 Å². The van der Waals surface area contributed by atoms with Crippen molar-refractivity contribution in [2.45, 2.75) is 13.0 Å². The number of hydrogen-bond acceptors (Lipinski definition) is 4. The van der Waals surface area contributed by atoms with Crippen LogP contribution in [0.5, 0.6) is 0 Å². The maximum Gasteiger partial charge on any atom is 0.0935 e. The molecule has 1 unspecified atom stereocenters. The fourth-order valence-electron chi connectivity index (χ4n) is 1.67. The molecule has 0 aliphatic heterocycles. The fraction of sp³-hybridized carbons (Fsp3) is 0.364. The van der Waals surface area contributed by atoms with E-state index in [-0.39, 0.29) is 6.04 Å². The van der Waals surface area contributed by atoms with E-state index in [1.807, 2.05) is 31.8 Å². The first-order valence-electron chi connectivity index (χ1n) is 5.16. The molecule has 2 aromatic heterocycles. The van der Waals surface area contributed by atoms with Gasteiger partial charge in [0.2, 0.25) is 0 Å². The Morgan fingerprint density at radius 3 is 2.62 bits per heavy atom. The van der Waals surface area contributed by atoms with Crippen LogP contribution < -0.4 is 5.32 Å². The van der Waals surface area contributed by atoms with Crippen molar-refractivity contribution < 1.29 is 0 Å². The van der Waals surface area contributed by atoms with Gasteiger partial charge in [-0.1, -0.05) is 0 Å². The predicted molar refractivity (Wildman–Crippen MR) is 60.9 cm³/mol. The summed E-state index contributed by atoms with van der Waals surface area (Å²) < 4.78 is 1.84. The lowest BCUT2D eigenvalue weighted by Crippen LogP contribution is -2.21. The molecule has 2 heterocycles. The summed E-state index contributed by atoms with van der Waals surface area (Å²) in [6, 6.07) is 2.00. The van der Waals surface area contributed by atoms with Gasteiger partial charge in [-0.3, -0.25) is 14.6 Å². The Balaban J connectivity index is 2.37. The summed E-state index contributed by atoms with van der Waals surface area (Å²) in [6.45, 7) is 1.93. The molecule has 0 fully saturated rings. The minimum Gasteiger partial charge on any atom is -0.307 e. The molecule has 0 saturated heterocycles. The van der Waals surface area contributed by atoms with E-state index in [9.17, 15) is 0 Å². The average Bonchev–Trinajstić information content (AvgIpc) is 2.69. The second-order valence-electron chi connectivity index (χ2n) is 3.68. The Hall–Kier alpha value is -1.75. The van der Waals surface area contributed by atoms with Crippen molar-refractivity contribution in [1.82, 2.24) is 25.1 Å². The van der Waals surface area contributed by atoms with Crippen LogP contribution in [-0.4, -0.2) is 26.8 Å². The van der Waals surface area contributed by atoms with E-state index in [0.717, 1.165) is 17.1 Å². The zero-order valence-corrected chi connectivity index (χ0v) is 9.68. The van der Waals surface area contributed by atoms with Crippen molar-refractivity contribution in [1.29, 1.82) is 0 Å². The Morgan fingerprint density at radius 1 is 1.31 bits per heavy atom. The molecule has 1 N–H and O–H groups in total. The molecule has 16 heavy (non-hydrogen) atoms. The molecule has 0 spiro atoms. The topological polar surface area (TPSA) is 55.6 Å². The monoisotopic (exact) mass is 217 g/mol. The number of aryl methyl sites for hydroxylation is 2. The van der Waals surface area contributed by atoms with E-state index < -0.39 is 0 Å². The van der Waals surface area contributed by atoms with Crippen LogP contribution in [0.4, 0.5) is 0 Å². The van der Waals surface area contributed by atoms with Crippen LogP contribution in [0, 0.1) is 6.92 Å². The lowest BCUT2D eigenvalue weighted by Gasteiger charge is -2.15. The van der Waals surface area contributed by atoms with Gasteiger partial charge in [-0.05, 0) is 20.0 Å². The molecule has 2 aromatic rings. The molecular weight excluding hydrogens is 202 g/mol. The van der Waals surface area contributed by atoms with Gasteiger partial charge in [0.1, 0.15) is 0 Å². The van der Waals surface area contributed by atoms with Crippen LogP contribution in [0.3, 0.4) is 0 Å². The van der Waals surface area contributed by atoms with Gasteiger partial charge in [0.25, 0.3) is 0 Å². The number of aromatic nitrogens is 4. The third-order valence-corrected chi connectivity index (χ3v) is 2.54. The molecule has 5 heteroatoms. The summed E-state index contributed by atoms with van der Waals surface area (Å²) >= 11 is 0. The Labute approximate surface area is 94.5 Å². The molecular formula is C11H15N5. The van der Waals surface area contributed by atoms with Gasteiger partial charge in [0, 0.05) is 19.4 Å². The molecule has 0 bridgehead atoms. The van der Waals surface area contributed by atoms with Crippen LogP contribution >= 0.6 is 0 Å². The maximum atomic E-state index is 4.38. The second kappa shape index (κ2) is 4.40. The Morgan fingerprint density at radius 2 is 2.12 bits per heavy atom. The fourth-order valence-corrected chi connectivity index (χ4v) is 1.67. The standard InChI is InChI=1S/C11H15N5/c1-8-6-14-9(7-13-8)11(12-2)10-4-5-15-16(10)3/h4-7,11-12H,1-3H3. The summed E-state index contributed by atoms with van der Waals surface area (Å²) in [6.07, 6.45) is 5.35. The number of nitrogens with one attached hydrogen (secondary N) is 1. The molecule has 2 rings (SSSR count). The van der Waals surface area contributed by atoms with Crippen LogP contribution in [-0.2, 0) is 7.05 Å². The third kappa shape index (κ3) is 1.94. The van der Waals surface area contributed by atoms with Gasteiger partial charge >= 0.3 is 0 Å². The average molecular weight is 217 g/mol. The van der Waals surface area contributed by atoms with E-state index in [4.69, 9.17) is 0 Å². The largest absolute Gasteiger partial charge is 0.307 e. The van der Waals surface area contributed by atoms with Gasteiger partial charge in [0.15, 0.2) is 0 Å². The second-order valence-corrected chi connectivity index (χ2v) is 3.68. The van der Waals surface area contributed by atoms with E-state index in [1.54, 1.807) is 18.6 Å². The first-order chi connectivity index (χ1) is 7.72. The summed E-state index contributed by atoms with van der Waals surface area (Å²) in [5, 5.41) is 7.37. The highest BCUT2D eigenvalue weighted by Crippen LogP contribution is 2.17. The highest BCUT2D eigenvalue weighted by atomic mass is 15.3. The molecule has 0 aliphatic carbocycles. The zero-order valence-electron chi connectivity index (χ0n) is 9.68. The molecule has 0 aliphatic rings. The highest BCUT2D eigenvalue weighted by molar-refractivity contribution is 5.19. The molecule has 0 radical (unpaired) electrons. The lowest BCUT2D eigenvalue weighted by molar-refractivity contribution is 0.591. The van der Waals surface area contributed by atoms with Crippen LogP contribution in [0.25, 0.3) is 0 Å². The number of nitrogens with zero attached hydrogens (tertiary/aromatic N) is 4. The SMILES string of the molecule is CNC(c1cnc(C)cn1)c1ccnn1C. The molecule has 0 aromatic carbocycles. The van der Waals surface area contributed by atoms with E-state index >= 15 is 0 Å². The summed E-state index contributed by atoms with van der Waals surface area (Å²) in [4.78, 5) is 8.64. The molecule has 0 saturated carbocycles. The minimum absolute atomic E-state index is 0.0283. The number of hydrogen-bond donors (Lipinski definition) is 1. The molecule has 5 nitrogen and oxygen atoms in total. The summed E-state index contributed by atoms with van der Waals surface area (Å²) in [5.41, 5.74) is 2.89. The Kier molecular flexibility index (Phi) is 2.96. The zero-order chi connectivity index (χ0) is 11.5. The van der Waals surface area contributed by atoms with Gasteiger partial charge in [-0.25, -0.2) is 0 Å². The third-order valence-electron chi connectivity index (χ3n) is 2.54. The van der Waals surface area contributed by atoms with E-state index in [2.05, 4.69) is 20.4 Å². The Bertz CT molecular complexity index is 459. The first kappa shape index (κ1) is 10.8. The predicted octanol–water partition coefficient (Wildman–Crippen LogP) is 0.827. The van der Waals surface area contributed by atoms with Crippen molar-refractivity contribution in [3.05, 3.63) is 41.7 Å². The molecule has 84 valence electrons. The van der Waals surface area contributed by atoms with Gasteiger partial charge in [0.05, 0.1) is 29.3 Å². The van der Waals surface area contributed by atoms with Gasteiger partial charge < -0.3 is 5.32 Å². The summed E-state index contributed by atoms with van der Waals surface area (Å²) in [5.74, 6) is 0. The van der Waals surface area contributed by atoms with Crippen molar-refractivity contribution in [3.8, 4) is 0 Å². The molecule has 1 atom stereocenters. The number of rotatable bonds is 3. The van der Waals surface area contributed by atoms with Crippen molar-refractivity contribution in [2.75, 3.05) is 7.05 Å². The summed E-state index contributed by atoms with van der Waals surface area (Å²) in [7, 11) is 3.82. The van der Waals surface area contributed by atoms with Crippen LogP contribution in [0.2, 0.25) is 0 Å². The highest BCUT2D eigenvalue weighted by Gasteiger charge is 2.16. The lowest BCUT2D eigenvalue weighted by atomic mass is 10.1. The smallest absolute Gasteiger partial charge is 0.0935 e. The van der Waals surface area contributed by atoms with Crippen LogP contribution in [0.15, 0.2) is 24.7 Å². The van der Waals surface area contributed by atoms with Crippen molar-refractivity contribution in [2.24, 2.45) is 7.05 Å². The van der Waals surface area contributed by atoms with Gasteiger partial charge in [-0.15, -0.1) is 0 Å². The quantitative estimate of drug-likeness (QED) is 0.827. The maximum absolute atomic E-state index is 4.38. The first-order valence-corrected chi connectivity index (χ1v) is 5.16. The van der Waals surface area contributed by atoms with Gasteiger partial charge in [-0.2, -0.15) is 5.10 Å². The van der Waals surface area contributed by atoms with Crippen molar-refractivity contribution in [3.63, 3.8) is 0 Å². The van der Waals surface area contributed by atoms with Crippen molar-refractivity contribution >= 4 is 0 Å².